The number of nitrogens with one attached hydrogen (secondary N) is 1. The van der Waals surface area contributed by atoms with E-state index in [2.05, 4.69) is 31.3 Å². The van der Waals surface area contributed by atoms with Gasteiger partial charge in [0.2, 0.25) is 0 Å². The van der Waals surface area contributed by atoms with Crippen molar-refractivity contribution in [2.45, 2.75) is 64.5 Å². The first-order valence-corrected chi connectivity index (χ1v) is 8.03. The maximum absolute atomic E-state index is 5.92. The van der Waals surface area contributed by atoms with Crippen molar-refractivity contribution in [3.8, 4) is 0 Å². The SMILES string of the molecule is CC(Cc1ccc(Cl)cc1)NC(C)C1CCCCC1. The summed E-state index contributed by atoms with van der Waals surface area (Å²) < 4.78 is 0. The first kappa shape index (κ1) is 14.9. The molecule has 1 saturated carbocycles. The minimum Gasteiger partial charge on any atom is -0.311 e. The van der Waals surface area contributed by atoms with Crippen LogP contribution >= 0.6 is 11.6 Å². The van der Waals surface area contributed by atoms with Crippen molar-refractivity contribution in [2.24, 2.45) is 5.92 Å². The zero-order chi connectivity index (χ0) is 13.7. The zero-order valence-corrected chi connectivity index (χ0v) is 12.9. The van der Waals surface area contributed by atoms with E-state index in [0.717, 1.165) is 17.4 Å². The summed E-state index contributed by atoms with van der Waals surface area (Å²) in [5.41, 5.74) is 1.36. The maximum Gasteiger partial charge on any atom is 0.0406 e. The standard InChI is InChI=1S/C17H26ClN/c1-13(12-15-8-10-17(18)11-9-15)19-14(2)16-6-4-3-5-7-16/h8-11,13-14,16,19H,3-7,12H2,1-2H3. The van der Waals surface area contributed by atoms with Crippen LogP contribution in [0.25, 0.3) is 0 Å². The van der Waals surface area contributed by atoms with Crippen LogP contribution in [-0.4, -0.2) is 12.1 Å². The highest BCUT2D eigenvalue weighted by atomic mass is 35.5. The van der Waals surface area contributed by atoms with Crippen molar-refractivity contribution >= 4 is 11.6 Å². The van der Waals surface area contributed by atoms with E-state index in [4.69, 9.17) is 11.6 Å². The summed E-state index contributed by atoms with van der Waals surface area (Å²) in [7, 11) is 0. The van der Waals surface area contributed by atoms with Crippen LogP contribution in [0, 0.1) is 5.92 Å². The van der Waals surface area contributed by atoms with Crippen LogP contribution in [0.2, 0.25) is 5.02 Å². The summed E-state index contributed by atoms with van der Waals surface area (Å²) in [6, 6.07) is 9.39. The van der Waals surface area contributed by atoms with Gasteiger partial charge in [0.15, 0.2) is 0 Å². The van der Waals surface area contributed by atoms with Gasteiger partial charge in [-0.2, -0.15) is 0 Å². The fourth-order valence-electron chi connectivity index (χ4n) is 3.25. The second kappa shape index (κ2) is 7.31. The summed E-state index contributed by atoms with van der Waals surface area (Å²) in [5, 5.41) is 4.60. The minimum absolute atomic E-state index is 0.526. The highest BCUT2D eigenvalue weighted by Gasteiger charge is 2.20. The van der Waals surface area contributed by atoms with Gasteiger partial charge in [0, 0.05) is 17.1 Å². The molecular formula is C17H26ClN. The van der Waals surface area contributed by atoms with Gasteiger partial charge in [-0.05, 0) is 56.7 Å². The Morgan fingerprint density at radius 3 is 2.37 bits per heavy atom. The van der Waals surface area contributed by atoms with Crippen molar-refractivity contribution in [1.82, 2.24) is 5.32 Å². The smallest absolute Gasteiger partial charge is 0.0406 e. The second-order valence-corrected chi connectivity index (χ2v) is 6.52. The number of hydrogen-bond acceptors (Lipinski definition) is 1. The molecule has 2 unspecified atom stereocenters. The van der Waals surface area contributed by atoms with E-state index < -0.39 is 0 Å². The number of benzene rings is 1. The van der Waals surface area contributed by atoms with Crippen molar-refractivity contribution in [3.05, 3.63) is 34.9 Å². The van der Waals surface area contributed by atoms with Crippen molar-refractivity contribution < 1.29 is 0 Å². The fourth-order valence-corrected chi connectivity index (χ4v) is 3.38. The van der Waals surface area contributed by atoms with Crippen LogP contribution in [0.1, 0.15) is 51.5 Å². The molecule has 0 aromatic heterocycles. The largest absolute Gasteiger partial charge is 0.311 e. The summed E-state index contributed by atoms with van der Waals surface area (Å²) in [6.07, 6.45) is 8.16. The predicted octanol–water partition coefficient (Wildman–Crippen LogP) is 4.83. The first-order chi connectivity index (χ1) is 9.15. The van der Waals surface area contributed by atoms with E-state index in [1.165, 1.54) is 37.7 Å². The summed E-state index contributed by atoms with van der Waals surface area (Å²) >= 11 is 5.92. The molecule has 0 spiro atoms. The third-order valence-corrected chi connectivity index (χ3v) is 4.61. The lowest BCUT2D eigenvalue weighted by molar-refractivity contribution is 0.267. The normalized spacial score (nSPS) is 20.2. The van der Waals surface area contributed by atoms with E-state index in [-0.39, 0.29) is 0 Å². The zero-order valence-electron chi connectivity index (χ0n) is 12.2. The van der Waals surface area contributed by atoms with Gasteiger partial charge in [-0.1, -0.05) is 43.0 Å². The van der Waals surface area contributed by atoms with Gasteiger partial charge in [-0.3, -0.25) is 0 Å². The fraction of sp³-hybridized carbons (Fsp3) is 0.647. The Labute approximate surface area is 122 Å². The monoisotopic (exact) mass is 279 g/mol. The molecule has 2 rings (SSSR count). The Kier molecular flexibility index (Phi) is 5.72. The number of hydrogen-bond donors (Lipinski definition) is 1. The molecule has 1 aromatic rings. The average molecular weight is 280 g/mol. The van der Waals surface area contributed by atoms with Crippen LogP contribution in [0.15, 0.2) is 24.3 Å². The molecule has 1 aromatic carbocycles. The van der Waals surface area contributed by atoms with Crippen molar-refractivity contribution in [2.75, 3.05) is 0 Å². The third kappa shape index (κ3) is 4.81. The van der Waals surface area contributed by atoms with Gasteiger partial charge >= 0.3 is 0 Å². The molecule has 0 amide bonds. The maximum atomic E-state index is 5.92. The van der Waals surface area contributed by atoms with E-state index in [1.54, 1.807) is 0 Å². The van der Waals surface area contributed by atoms with Crippen LogP contribution in [0.5, 0.6) is 0 Å². The molecule has 0 saturated heterocycles. The Balaban J connectivity index is 1.79. The molecule has 106 valence electrons. The highest BCUT2D eigenvalue weighted by Crippen LogP contribution is 2.26. The van der Waals surface area contributed by atoms with Crippen molar-refractivity contribution in [1.29, 1.82) is 0 Å². The molecule has 0 bridgehead atoms. The van der Waals surface area contributed by atoms with E-state index in [1.807, 2.05) is 12.1 Å². The Bertz CT molecular complexity index is 367. The molecule has 1 N–H and O–H groups in total. The van der Waals surface area contributed by atoms with E-state index in [0.29, 0.717) is 12.1 Å². The molecule has 2 heteroatoms. The number of halogens is 1. The van der Waals surface area contributed by atoms with Crippen LogP contribution in [0.3, 0.4) is 0 Å². The van der Waals surface area contributed by atoms with Gasteiger partial charge in [-0.15, -0.1) is 0 Å². The van der Waals surface area contributed by atoms with Crippen LogP contribution in [0.4, 0.5) is 0 Å². The van der Waals surface area contributed by atoms with E-state index in [9.17, 15) is 0 Å². The highest BCUT2D eigenvalue weighted by molar-refractivity contribution is 6.30. The molecule has 1 fully saturated rings. The topological polar surface area (TPSA) is 12.0 Å². The predicted molar refractivity (Wildman–Crippen MR) is 83.8 cm³/mol. The molecule has 0 aliphatic heterocycles. The van der Waals surface area contributed by atoms with Crippen LogP contribution < -0.4 is 5.32 Å². The summed E-state index contributed by atoms with van der Waals surface area (Å²) in [5.74, 6) is 0.876. The lowest BCUT2D eigenvalue weighted by atomic mass is 9.84. The van der Waals surface area contributed by atoms with Gasteiger partial charge in [0.05, 0.1) is 0 Å². The molecule has 2 atom stereocenters. The second-order valence-electron chi connectivity index (χ2n) is 6.09. The third-order valence-electron chi connectivity index (χ3n) is 4.36. The average Bonchev–Trinajstić information content (AvgIpc) is 2.42. The van der Waals surface area contributed by atoms with Crippen molar-refractivity contribution in [3.63, 3.8) is 0 Å². The molecule has 1 aliphatic carbocycles. The molecule has 19 heavy (non-hydrogen) atoms. The van der Waals surface area contributed by atoms with Gasteiger partial charge in [-0.25, -0.2) is 0 Å². The molecular weight excluding hydrogens is 254 g/mol. The first-order valence-electron chi connectivity index (χ1n) is 7.65. The molecule has 0 heterocycles. The number of rotatable bonds is 5. The summed E-state index contributed by atoms with van der Waals surface area (Å²) in [4.78, 5) is 0. The van der Waals surface area contributed by atoms with Gasteiger partial charge in [0.25, 0.3) is 0 Å². The quantitative estimate of drug-likeness (QED) is 0.814. The minimum atomic E-state index is 0.526. The lowest BCUT2D eigenvalue weighted by Crippen LogP contribution is -2.41. The van der Waals surface area contributed by atoms with Gasteiger partial charge in [0.1, 0.15) is 0 Å². The summed E-state index contributed by atoms with van der Waals surface area (Å²) in [6.45, 7) is 4.64. The lowest BCUT2D eigenvalue weighted by Gasteiger charge is -2.30. The Morgan fingerprint density at radius 2 is 1.74 bits per heavy atom. The van der Waals surface area contributed by atoms with E-state index >= 15 is 0 Å². The molecule has 0 radical (unpaired) electrons. The van der Waals surface area contributed by atoms with Crippen LogP contribution in [-0.2, 0) is 6.42 Å². The molecule has 1 aliphatic rings. The molecule has 1 nitrogen and oxygen atoms in total. The Hall–Kier alpha value is -0.530. The van der Waals surface area contributed by atoms with Gasteiger partial charge < -0.3 is 5.32 Å². The Morgan fingerprint density at radius 1 is 1.11 bits per heavy atom.